The highest BCUT2D eigenvalue weighted by atomic mass is 35.5. The molecule has 2 unspecified atom stereocenters. The van der Waals surface area contributed by atoms with Gasteiger partial charge in [0.2, 0.25) is 0 Å². The molecule has 17 heteroatoms. The number of carbonyl (C=O) groups is 1. The van der Waals surface area contributed by atoms with Gasteiger partial charge in [0.25, 0.3) is 0 Å². The number of nitrogens with one attached hydrogen (secondary N) is 1. The van der Waals surface area contributed by atoms with Gasteiger partial charge in [-0.05, 0) is 105 Å². The van der Waals surface area contributed by atoms with Gasteiger partial charge in [0.05, 0.1) is 46.7 Å². The highest BCUT2D eigenvalue weighted by Crippen LogP contribution is 2.41. The second-order valence-electron chi connectivity index (χ2n) is 17.2. The lowest BCUT2D eigenvalue weighted by Gasteiger charge is -2.47. The quantitative estimate of drug-likeness (QED) is 0.0595. The molecule has 3 aliphatic heterocycles. The highest BCUT2D eigenvalue weighted by molar-refractivity contribution is 6.61. The van der Waals surface area contributed by atoms with Crippen LogP contribution in [-0.4, -0.2) is 98.6 Å². The molecule has 0 aliphatic carbocycles. The van der Waals surface area contributed by atoms with Gasteiger partial charge in [-0.1, -0.05) is 113 Å². The van der Waals surface area contributed by atoms with Crippen LogP contribution < -0.4 is 24.6 Å². The fraction of sp³-hybridized carbons (Fsp3) is 0.415. The molecule has 3 heterocycles. The van der Waals surface area contributed by atoms with E-state index in [0.717, 1.165) is 85.8 Å². The van der Waals surface area contributed by atoms with E-state index >= 15 is 0 Å². The van der Waals surface area contributed by atoms with E-state index in [0.29, 0.717) is 29.0 Å². The summed E-state index contributed by atoms with van der Waals surface area (Å²) < 4.78 is 27.0. The summed E-state index contributed by atoms with van der Waals surface area (Å²) in [6.45, 7) is 12.4. The Balaban J connectivity index is 0.000000215. The Bertz CT molecular complexity index is 2350. The average molecular weight is 1080 g/mol. The number of hydrogen-bond acceptors (Lipinski definition) is 11. The maximum atomic E-state index is 9.71. The van der Waals surface area contributed by atoms with E-state index in [-0.39, 0.29) is 43.7 Å². The molecular weight excluding hydrogens is 1020 g/mol. The number of benzene rings is 5. The molecule has 6 atom stereocenters. The minimum Gasteiger partial charge on any atom is -0.491 e. The molecule has 70 heavy (non-hydrogen) atoms. The van der Waals surface area contributed by atoms with E-state index in [9.17, 15) is 4.79 Å². The molecular formula is C53H62Cl6N4O7. The summed E-state index contributed by atoms with van der Waals surface area (Å²) in [4.78, 5) is 17.0. The van der Waals surface area contributed by atoms with Crippen LogP contribution in [0.1, 0.15) is 68.8 Å². The number of aliphatic hydroxyl groups excluding tert-OH is 1. The van der Waals surface area contributed by atoms with Crippen LogP contribution in [0.5, 0.6) is 11.5 Å². The molecule has 3 saturated heterocycles. The van der Waals surface area contributed by atoms with Crippen molar-refractivity contribution in [2.45, 2.75) is 82.6 Å². The summed E-state index contributed by atoms with van der Waals surface area (Å²) in [7, 11) is 0. The molecule has 3 fully saturated rings. The van der Waals surface area contributed by atoms with Gasteiger partial charge in [-0.25, -0.2) is 4.79 Å². The Morgan fingerprint density at radius 3 is 1.84 bits per heavy atom. The summed E-state index contributed by atoms with van der Waals surface area (Å²) in [5.74, 6) is 1.40. The maximum Gasteiger partial charge on any atom is 0.405 e. The molecule has 0 saturated carbocycles. The number of nitrogens with zero attached hydrogens (tertiary/aromatic N) is 3. The molecule has 3 aliphatic rings. The molecule has 5 aromatic carbocycles. The van der Waals surface area contributed by atoms with E-state index in [4.69, 9.17) is 93.7 Å². The molecule has 5 aromatic rings. The van der Waals surface area contributed by atoms with Crippen molar-refractivity contribution in [2.75, 3.05) is 69.0 Å². The number of alkyl halides is 1. The van der Waals surface area contributed by atoms with Crippen molar-refractivity contribution < 1.29 is 33.6 Å². The first-order chi connectivity index (χ1) is 33.8. The van der Waals surface area contributed by atoms with E-state index < -0.39 is 11.0 Å². The molecule has 378 valence electrons. The number of ether oxygens (including phenoxy) is 5. The second kappa shape index (κ2) is 28.5. The zero-order valence-electron chi connectivity index (χ0n) is 39.6. The predicted octanol–water partition coefficient (Wildman–Crippen LogP) is 13.2. The largest absolute Gasteiger partial charge is 0.491 e. The summed E-state index contributed by atoms with van der Waals surface area (Å²) >= 11 is 35.6. The zero-order valence-corrected chi connectivity index (χ0v) is 44.2. The Hall–Kier alpha value is -3.69. The minimum atomic E-state index is -0.873. The lowest BCUT2D eigenvalue weighted by atomic mass is 9.97. The van der Waals surface area contributed by atoms with Gasteiger partial charge in [-0.3, -0.25) is 4.90 Å². The number of anilines is 2. The number of hydrogen-bond donors (Lipinski definition) is 2. The summed E-state index contributed by atoms with van der Waals surface area (Å²) in [5.41, 5.74) is 4.22. The fourth-order valence-corrected chi connectivity index (χ4v) is 9.90. The SMILES string of the molecule is CC(Cl)OC(=O)Cl.C[C@@H]1CN(Cc2ccccc2)C[C@@H](c2ccc(Cl)cc2)N1c1ccc(OCCOC2CCCCO2)cc1Cl.C[C@@H]1CNC[C@@H](c2ccc(Cl)cc2)N1c1ccc(OCCO)cc1Cl. The lowest BCUT2D eigenvalue weighted by Crippen LogP contribution is -2.53. The van der Waals surface area contributed by atoms with Crippen molar-refractivity contribution in [3.63, 3.8) is 0 Å². The second-order valence-corrected chi connectivity index (χ2v) is 19.8. The summed E-state index contributed by atoms with van der Waals surface area (Å²) in [5, 5.41) is 15.2. The Morgan fingerprint density at radius 2 is 1.31 bits per heavy atom. The Labute approximate surface area is 442 Å². The third-order valence-corrected chi connectivity index (χ3v) is 13.2. The molecule has 0 aromatic heterocycles. The minimum absolute atomic E-state index is 0.0210. The van der Waals surface area contributed by atoms with Crippen LogP contribution in [0, 0.1) is 0 Å². The smallest absolute Gasteiger partial charge is 0.405 e. The number of rotatable bonds is 15. The van der Waals surface area contributed by atoms with Crippen LogP contribution in [0.25, 0.3) is 0 Å². The first kappa shape index (κ1) is 55.6. The van der Waals surface area contributed by atoms with Crippen LogP contribution >= 0.6 is 69.6 Å². The Kier molecular flexibility index (Phi) is 22.7. The molecule has 0 amide bonds. The van der Waals surface area contributed by atoms with Crippen molar-refractivity contribution in [3.8, 4) is 11.5 Å². The van der Waals surface area contributed by atoms with Gasteiger partial charge in [-0.15, -0.1) is 0 Å². The van der Waals surface area contributed by atoms with Crippen molar-refractivity contribution >= 4 is 86.4 Å². The van der Waals surface area contributed by atoms with Crippen LogP contribution in [0.15, 0.2) is 115 Å². The first-order valence-electron chi connectivity index (χ1n) is 23.5. The van der Waals surface area contributed by atoms with Crippen LogP contribution in [-0.2, 0) is 20.8 Å². The number of halogens is 6. The number of aliphatic hydroxyl groups is 1. The molecule has 0 bridgehead atoms. The molecule has 11 nitrogen and oxygen atoms in total. The fourth-order valence-electron chi connectivity index (χ4n) is 8.85. The predicted molar refractivity (Wildman–Crippen MR) is 285 cm³/mol. The molecule has 2 N–H and O–H groups in total. The Morgan fingerprint density at radius 1 is 0.729 bits per heavy atom. The summed E-state index contributed by atoms with van der Waals surface area (Å²) in [6, 6.07) is 39.3. The van der Waals surface area contributed by atoms with Gasteiger partial charge in [0, 0.05) is 85.2 Å². The third kappa shape index (κ3) is 17.0. The normalized spacial score (nSPS) is 20.8. The van der Waals surface area contributed by atoms with Crippen molar-refractivity contribution in [1.82, 2.24) is 10.2 Å². The van der Waals surface area contributed by atoms with Crippen molar-refractivity contribution in [2.24, 2.45) is 0 Å². The van der Waals surface area contributed by atoms with Crippen molar-refractivity contribution in [3.05, 3.63) is 152 Å². The van der Waals surface area contributed by atoms with Gasteiger partial charge >= 0.3 is 5.43 Å². The zero-order chi connectivity index (χ0) is 50.0. The van der Waals surface area contributed by atoms with Crippen LogP contribution in [0.4, 0.5) is 16.2 Å². The van der Waals surface area contributed by atoms with Crippen LogP contribution in [0.2, 0.25) is 20.1 Å². The van der Waals surface area contributed by atoms with Gasteiger partial charge in [0.15, 0.2) is 11.9 Å². The summed E-state index contributed by atoms with van der Waals surface area (Å²) in [6.07, 6.45) is 3.11. The molecule has 0 radical (unpaired) electrons. The molecule has 0 spiro atoms. The highest BCUT2D eigenvalue weighted by Gasteiger charge is 2.35. The van der Waals surface area contributed by atoms with Gasteiger partial charge < -0.3 is 43.9 Å². The van der Waals surface area contributed by atoms with E-state index in [1.807, 2.05) is 48.5 Å². The van der Waals surface area contributed by atoms with Gasteiger partial charge in [-0.2, -0.15) is 0 Å². The van der Waals surface area contributed by atoms with Crippen LogP contribution in [0.3, 0.4) is 0 Å². The monoisotopic (exact) mass is 1080 g/mol. The van der Waals surface area contributed by atoms with E-state index in [1.165, 1.54) is 23.6 Å². The van der Waals surface area contributed by atoms with E-state index in [2.05, 4.69) is 99.3 Å². The maximum absolute atomic E-state index is 9.71. The average Bonchev–Trinajstić information content (AvgIpc) is 3.34. The van der Waals surface area contributed by atoms with Crippen molar-refractivity contribution in [1.29, 1.82) is 0 Å². The topological polar surface area (TPSA) is 105 Å². The van der Waals surface area contributed by atoms with E-state index in [1.54, 1.807) is 6.07 Å². The lowest BCUT2D eigenvalue weighted by molar-refractivity contribution is -0.165. The molecule has 8 rings (SSSR count). The number of carbonyl (C=O) groups excluding carboxylic acids is 1. The first-order valence-corrected chi connectivity index (χ1v) is 25.9. The standard InChI is InChI=1S/C31H36Cl2N2O3.C19H22Cl2N2O2.C3H4Cl2O2/c1-23-20-34(21-24-7-3-2-4-8-24)22-30(25-10-12-26(32)13-11-25)35(23)29-15-14-27(19-28(29)33)36-17-18-38-31-9-5-6-16-37-31;1-13-11-22-12-19(14-2-4-15(20)5-3-14)23(13)18-7-6-16(10-17(18)21)25-9-8-24;1-2(4)7-3(5)6/h2-4,7-8,10-15,19,23,30-31H,5-6,9,16-18,20-22H2,1H3;2-7,10,13,19,22,24H,8-9,11-12H2,1H3;2H,1H3/t23-,30+,31?;13-,19+;/m11./s1. The van der Waals surface area contributed by atoms with Gasteiger partial charge in [0.1, 0.15) is 24.7 Å². The number of piperazine rings is 2. The third-order valence-electron chi connectivity index (χ3n) is 11.9.